The molecular weight excluding hydrogens is 328 g/mol. The maximum Gasteiger partial charge on any atom is 0.195 e. The molecule has 9 heteroatoms. The Morgan fingerprint density at radius 1 is 1.24 bits per heavy atom. The van der Waals surface area contributed by atoms with Crippen molar-refractivity contribution in [1.29, 1.82) is 0 Å². The number of likely N-dealkylation sites (N-methyl/N-ethyl adjacent to an activating group) is 1. The van der Waals surface area contributed by atoms with Crippen molar-refractivity contribution < 1.29 is 24.2 Å². The first-order valence-corrected chi connectivity index (χ1v) is 7.90. The number of hydrogen-bond donors (Lipinski definition) is 1. The second-order valence-corrected chi connectivity index (χ2v) is 6.11. The number of carboxylic acids is 2. The predicted molar refractivity (Wildman–Crippen MR) is 86.0 cm³/mol. The summed E-state index contributed by atoms with van der Waals surface area (Å²) in [5.41, 5.74) is -0.855. The van der Waals surface area contributed by atoms with E-state index in [2.05, 4.69) is 5.32 Å². The van der Waals surface area contributed by atoms with Gasteiger partial charge in [0.1, 0.15) is 11.6 Å². The van der Waals surface area contributed by atoms with E-state index in [4.69, 9.17) is 4.42 Å². The van der Waals surface area contributed by atoms with E-state index < -0.39 is 17.5 Å². The molecule has 9 nitrogen and oxygen atoms in total. The standard InChI is InChI=1S/C16H24N4O5/c1-18(2)10-11-4-5-12(25-11)19(3)8-9-20-7-6-17-14(20)13(15(21)22)16(23)24/h4-5,17H,6-10H2,1-3H3,(H,21,22)(H,23,24)/p-2. The minimum atomic E-state index is -1.76. The SMILES string of the molecule is CN(C)Cc1ccc(N(C)CCN2CCNC2=C(C(=O)[O-])C(=O)[O-])o1. The van der Waals surface area contributed by atoms with Gasteiger partial charge in [-0.15, -0.1) is 0 Å². The van der Waals surface area contributed by atoms with Crippen LogP contribution in [0.5, 0.6) is 0 Å². The zero-order chi connectivity index (χ0) is 18.6. The molecule has 1 aliphatic rings. The lowest BCUT2D eigenvalue weighted by Crippen LogP contribution is -2.41. The van der Waals surface area contributed by atoms with Crippen molar-refractivity contribution in [3.8, 4) is 0 Å². The first-order valence-electron chi connectivity index (χ1n) is 7.90. The van der Waals surface area contributed by atoms with Crippen LogP contribution >= 0.6 is 0 Å². The van der Waals surface area contributed by atoms with E-state index >= 15 is 0 Å². The molecule has 2 heterocycles. The lowest BCUT2D eigenvalue weighted by Gasteiger charge is -2.26. The molecule has 1 aromatic rings. The highest BCUT2D eigenvalue weighted by Gasteiger charge is 2.22. The first kappa shape index (κ1) is 18.7. The quantitative estimate of drug-likeness (QED) is 0.306. The number of carbonyl (C=O) groups is 2. The van der Waals surface area contributed by atoms with Crippen LogP contribution in [0.2, 0.25) is 0 Å². The van der Waals surface area contributed by atoms with Gasteiger partial charge in [0.25, 0.3) is 0 Å². The Hall–Kier alpha value is -2.68. The number of carboxylic acid groups (broad SMARTS) is 2. The number of anilines is 1. The van der Waals surface area contributed by atoms with E-state index in [0.29, 0.717) is 38.6 Å². The van der Waals surface area contributed by atoms with Gasteiger partial charge < -0.3 is 44.2 Å². The number of carbonyl (C=O) groups excluding carboxylic acids is 2. The topological polar surface area (TPSA) is 115 Å². The zero-order valence-corrected chi connectivity index (χ0v) is 14.6. The fraction of sp³-hybridized carbons (Fsp3) is 0.500. The number of nitrogens with one attached hydrogen (secondary N) is 1. The minimum absolute atomic E-state index is 0.0288. The van der Waals surface area contributed by atoms with Gasteiger partial charge in [0.15, 0.2) is 5.88 Å². The molecule has 138 valence electrons. The van der Waals surface area contributed by atoms with Crippen molar-refractivity contribution in [1.82, 2.24) is 15.1 Å². The summed E-state index contributed by atoms with van der Waals surface area (Å²) in [4.78, 5) is 27.6. The molecule has 1 aromatic heterocycles. The van der Waals surface area contributed by atoms with Crippen molar-refractivity contribution in [2.24, 2.45) is 0 Å². The summed E-state index contributed by atoms with van der Waals surface area (Å²) in [6.07, 6.45) is 0. The van der Waals surface area contributed by atoms with Crippen molar-refractivity contribution in [2.45, 2.75) is 6.54 Å². The summed E-state index contributed by atoms with van der Waals surface area (Å²) < 4.78 is 5.75. The highest BCUT2D eigenvalue weighted by atomic mass is 16.4. The molecule has 1 N–H and O–H groups in total. The molecule has 0 aromatic carbocycles. The summed E-state index contributed by atoms with van der Waals surface area (Å²) in [5, 5.41) is 24.9. The van der Waals surface area contributed by atoms with Crippen molar-refractivity contribution in [2.75, 3.05) is 52.2 Å². The molecule has 0 amide bonds. The van der Waals surface area contributed by atoms with Crippen molar-refractivity contribution in [3.63, 3.8) is 0 Å². The van der Waals surface area contributed by atoms with E-state index in [1.165, 1.54) is 0 Å². The number of aliphatic carboxylic acids is 2. The Morgan fingerprint density at radius 2 is 1.92 bits per heavy atom. The lowest BCUT2D eigenvalue weighted by molar-refractivity contribution is -0.312. The third-order valence-electron chi connectivity index (χ3n) is 3.84. The molecule has 25 heavy (non-hydrogen) atoms. The van der Waals surface area contributed by atoms with Crippen LogP contribution in [0.25, 0.3) is 0 Å². The molecule has 1 aliphatic heterocycles. The van der Waals surface area contributed by atoms with E-state index in [1.807, 2.05) is 43.1 Å². The van der Waals surface area contributed by atoms with Gasteiger partial charge >= 0.3 is 0 Å². The largest absolute Gasteiger partial charge is 0.545 e. The van der Waals surface area contributed by atoms with E-state index in [9.17, 15) is 19.8 Å². The molecule has 1 saturated heterocycles. The fourth-order valence-corrected chi connectivity index (χ4v) is 2.63. The zero-order valence-electron chi connectivity index (χ0n) is 14.6. The molecule has 0 unspecified atom stereocenters. The monoisotopic (exact) mass is 350 g/mol. The van der Waals surface area contributed by atoms with Crippen LogP contribution in [0.3, 0.4) is 0 Å². The van der Waals surface area contributed by atoms with E-state index in [0.717, 1.165) is 5.76 Å². The molecule has 2 rings (SSSR count). The normalized spacial score (nSPS) is 13.9. The molecule has 0 radical (unpaired) electrons. The highest BCUT2D eigenvalue weighted by molar-refractivity contribution is 6.11. The number of furan rings is 1. The smallest absolute Gasteiger partial charge is 0.195 e. The Balaban J connectivity index is 2.02. The van der Waals surface area contributed by atoms with Crippen LogP contribution in [0, 0.1) is 0 Å². The van der Waals surface area contributed by atoms with Gasteiger partial charge in [-0.2, -0.15) is 0 Å². The summed E-state index contributed by atoms with van der Waals surface area (Å²) in [6, 6.07) is 3.77. The van der Waals surface area contributed by atoms with Gasteiger partial charge in [0, 0.05) is 39.3 Å². The molecule has 1 fully saturated rings. The average Bonchev–Trinajstić information content (AvgIpc) is 3.13. The molecule has 0 bridgehead atoms. The van der Waals surface area contributed by atoms with Crippen LogP contribution in [0.15, 0.2) is 27.9 Å². The highest BCUT2D eigenvalue weighted by Crippen LogP contribution is 2.19. The van der Waals surface area contributed by atoms with Crippen LogP contribution in [0.1, 0.15) is 5.76 Å². The molecule has 0 atom stereocenters. The van der Waals surface area contributed by atoms with Crippen molar-refractivity contribution in [3.05, 3.63) is 29.3 Å². The average molecular weight is 350 g/mol. The van der Waals surface area contributed by atoms with Gasteiger partial charge in [-0.3, -0.25) is 0 Å². The van der Waals surface area contributed by atoms with Crippen LogP contribution in [0.4, 0.5) is 5.88 Å². The van der Waals surface area contributed by atoms with Crippen LogP contribution < -0.4 is 20.4 Å². The Bertz CT molecular complexity index is 651. The molecule has 0 aliphatic carbocycles. The second kappa shape index (κ2) is 7.93. The third kappa shape index (κ3) is 4.66. The molecular formula is C16H22N4O5-2. The van der Waals surface area contributed by atoms with Gasteiger partial charge in [0.05, 0.1) is 24.1 Å². The van der Waals surface area contributed by atoms with Crippen molar-refractivity contribution >= 4 is 17.8 Å². The minimum Gasteiger partial charge on any atom is -0.545 e. The predicted octanol–water partition coefficient (Wildman–Crippen LogP) is -2.61. The van der Waals surface area contributed by atoms with Crippen LogP contribution in [-0.4, -0.2) is 69.1 Å². The maximum absolute atomic E-state index is 11.0. The first-order chi connectivity index (χ1) is 11.8. The van der Waals surface area contributed by atoms with Crippen LogP contribution in [-0.2, 0) is 16.1 Å². The van der Waals surface area contributed by atoms with Gasteiger partial charge in [-0.1, -0.05) is 0 Å². The summed E-state index contributed by atoms with van der Waals surface area (Å²) in [7, 11) is 5.75. The Morgan fingerprint density at radius 3 is 2.52 bits per heavy atom. The Kier molecular flexibility index (Phi) is 5.92. The van der Waals surface area contributed by atoms with Gasteiger partial charge in [-0.25, -0.2) is 0 Å². The fourth-order valence-electron chi connectivity index (χ4n) is 2.63. The number of rotatable bonds is 8. The summed E-state index contributed by atoms with van der Waals surface area (Å²) in [5.74, 6) is -1.97. The lowest BCUT2D eigenvalue weighted by atomic mass is 10.2. The summed E-state index contributed by atoms with van der Waals surface area (Å²) >= 11 is 0. The number of nitrogens with zero attached hydrogens (tertiary/aromatic N) is 3. The van der Waals surface area contributed by atoms with E-state index in [-0.39, 0.29) is 5.82 Å². The molecule has 0 spiro atoms. The summed E-state index contributed by atoms with van der Waals surface area (Å²) in [6.45, 7) is 2.59. The second-order valence-electron chi connectivity index (χ2n) is 6.11. The van der Waals surface area contributed by atoms with Gasteiger partial charge in [-0.05, 0) is 20.2 Å². The third-order valence-corrected chi connectivity index (χ3v) is 3.84. The number of hydrogen-bond acceptors (Lipinski definition) is 9. The van der Waals surface area contributed by atoms with Gasteiger partial charge in [0.2, 0.25) is 0 Å². The Labute approximate surface area is 146 Å². The molecule has 0 saturated carbocycles. The maximum atomic E-state index is 11.0. The van der Waals surface area contributed by atoms with E-state index in [1.54, 1.807) is 4.90 Å².